The molecule has 6 nitrogen and oxygen atoms in total. The molecule has 0 aliphatic carbocycles. The van der Waals surface area contributed by atoms with Gasteiger partial charge in [-0.25, -0.2) is 0 Å². The minimum absolute atomic E-state index is 0.0955. The highest BCUT2D eigenvalue weighted by molar-refractivity contribution is 5.52. The molecule has 0 radical (unpaired) electrons. The average molecular weight is 246 g/mol. The predicted octanol–water partition coefficient (Wildman–Crippen LogP) is 0.427. The Morgan fingerprint density at radius 2 is 2.17 bits per heavy atom. The highest BCUT2D eigenvalue weighted by atomic mass is 16.5. The van der Waals surface area contributed by atoms with Crippen molar-refractivity contribution in [2.45, 2.75) is 5.92 Å². The summed E-state index contributed by atoms with van der Waals surface area (Å²) in [6, 6.07) is 3.68. The van der Waals surface area contributed by atoms with Gasteiger partial charge in [-0.05, 0) is 12.1 Å². The van der Waals surface area contributed by atoms with Crippen molar-refractivity contribution in [1.29, 1.82) is 0 Å². The number of nitrogens with zero attached hydrogens (tertiary/aromatic N) is 3. The van der Waals surface area contributed by atoms with Crippen molar-refractivity contribution in [2.24, 2.45) is 5.92 Å². The maximum Gasteiger partial charge on any atom is 0.231 e. The zero-order chi connectivity index (χ0) is 12.4. The Hall–Kier alpha value is -1.79. The van der Waals surface area contributed by atoms with Gasteiger partial charge in [-0.1, -0.05) is 5.16 Å². The Labute approximate surface area is 104 Å². The molecule has 0 aromatic carbocycles. The second kappa shape index (κ2) is 4.83. The van der Waals surface area contributed by atoms with Crippen LogP contribution in [0.25, 0.3) is 11.4 Å². The third-order valence-electron chi connectivity index (χ3n) is 3.27. The van der Waals surface area contributed by atoms with Crippen molar-refractivity contribution < 1.29 is 9.63 Å². The fourth-order valence-electron chi connectivity index (χ4n) is 2.22. The van der Waals surface area contributed by atoms with Gasteiger partial charge in [-0.3, -0.25) is 4.98 Å². The second-order valence-electron chi connectivity index (χ2n) is 4.40. The molecule has 0 bridgehead atoms. The van der Waals surface area contributed by atoms with Crippen LogP contribution in [0.5, 0.6) is 0 Å². The highest BCUT2D eigenvalue weighted by Gasteiger charge is 2.32. The summed E-state index contributed by atoms with van der Waals surface area (Å²) in [6.07, 6.45) is 3.39. The Kier molecular flexibility index (Phi) is 3.04. The monoisotopic (exact) mass is 246 g/mol. The summed E-state index contributed by atoms with van der Waals surface area (Å²) in [7, 11) is 0. The molecule has 2 unspecified atom stereocenters. The topological polar surface area (TPSA) is 84.1 Å². The largest absolute Gasteiger partial charge is 0.396 e. The maximum atomic E-state index is 9.28. The summed E-state index contributed by atoms with van der Waals surface area (Å²) in [5, 5.41) is 16.5. The SMILES string of the molecule is OCC1CNCC1c1nc(-c2ccncc2)no1. The molecule has 94 valence electrons. The zero-order valence-corrected chi connectivity index (χ0v) is 9.78. The van der Waals surface area contributed by atoms with E-state index in [0.29, 0.717) is 11.7 Å². The van der Waals surface area contributed by atoms with Crippen LogP contribution in [0.1, 0.15) is 11.8 Å². The second-order valence-corrected chi connectivity index (χ2v) is 4.40. The number of rotatable bonds is 3. The summed E-state index contributed by atoms with van der Waals surface area (Å²) >= 11 is 0. The summed E-state index contributed by atoms with van der Waals surface area (Å²) in [4.78, 5) is 8.36. The Morgan fingerprint density at radius 3 is 2.94 bits per heavy atom. The smallest absolute Gasteiger partial charge is 0.231 e. The van der Waals surface area contributed by atoms with Gasteiger partial charge in [0.25, 0.3) is 0 Å². The Bertz CT molecular complexity index is 514. The summed E-state index contributed by atoms with van der Waals surface area (Å²) in [5.74, 6) is 1.40. The lowest BCUT2D eigenvalue weighted by Crippen LogP contribution is -2.15. The molecule has 1 fully saturated rings. The van der Waals surface area contributed by atoms with Crippen LogP contribution in [0.15, 0.2) is 29.0 Å². The van der Waals surface area contributed by atoms with Crippen LogP contribution in [0.2, 0.25) is 0 Å². The number of nitrogens with one attached hydrogen (secondary N) is 1. The molecule has 2 aromatic heterocycles. The molecule has 1 aliphatic heterocycles. The lowest BCUT2D eigenvalue weighted by molar-refractivity contribution is 0.211. The van der Waals surface area contributed by atoms with E-state index >= 15 is 0 Å². The molecular formula is C12H14N4O2. The van der Waals surface area contributed by atoms with Gasteiger partial charge in [0.1, 0.15) is 0 Å². The molecule has 2 N–H and O–H groups in total. The van der Waals surface area contributed by atoms with Gasteiger partial charge >= 0.3 is 0 Å². The standard InChI is InChI=1S/C12H14N4O2/c17-7-9-5-14-6-10(9)12-15-11(16-18-12)8-1-3-13-4-2-8/h1-4,9-10,14,17H,5-7H2. The van der Waals surface area contributed by atoms with Crippen LogP contribution in [0.3, 0.4) is 0 Å². The minimum atomic E-state index is 0.0955. The highest BCUT2D eigenvalue weighted by Crippen LogP contribution is 2.27. The molecule has 0 spiro atoms. The van der Waals surface area contributed by atoms with Gasteiger partial charge in [0, 0.05) is 43.6 Å². The molecule has 3 rings (SSSR count). The molecule has 18 heavy (non-hydrogen) atoms. The third kappa shape index (κ3) is 2.00. The third-order valence-corrected chi connectivity index (χ3v) is 3.27. The molecule has 1 saturated heterocycles. The first-order valence-corrected chi connectivity index (χ1v) is 5.94. The summed E-state index contributed by atoms with van der Waals surface area (Å²) in [6.45, 7) is 1.68. The molecular weight excluding hydrogens is 232 g/mol. The fourth-order valence-corrected chi connectivity index (χ4v) is 2.22. The molecule has 6 heteroatoms. The molecule has 0 saturated carbocycles. The van der Waals surface area contributed by atoms with Crippen molar-refractivity contribution in [3.05, 3.63) is 30.4 Å². The molecule has 3 heterocycles. The lowest BCUT2D eigenvalue weighted by Gasteiger charge is -2.10. The average Bonchev–Trinajstić information content (AvgIpc) is 3.08. The quantitative estimate of drug-likeness (QED) is 0.817. The summed E-state index contributed by atoms with van der Waals surface area (Å²) < 4.78 is 5.30. The van der Waals surface area contributed by atoms with Crippen LogP contribution in [0, 0.1) is 5.92 Å². The molecule has 2 atom stereocenters. The number of hydrogen-bond donors (Lipinski definition) is 2. The van der Waals surface area contributed by atoms with Crippen LogP contribution >= 0.6 is 0 Å². The van der Waals surface area contributed by atoms with Gasteiger partial charge in [-0.2, -0.15) is 4.98 Å². The van der Waals surface area contributed by atoms with Gasteiger partial charge in [-0.15, -0.1) is 0 Å². The van der Waals surface area contributed by atoms with E-state index < -0.39 is 0 Å². The zero-order valence-electron chi connectivity index (χ0n) is 9.78. The number of hydrogen-bond acceptors (Lipinski definition) is 6. The van der Waals surface area contributed by atoms with Gasteiger partial charge < -0.3 is 14.9 Å². The predicted molar refractivity (Wildman–Crippen MR) is 63.7 cm³/mol. The Morgan fingerprint density at radius 1 is 1.33 bits per heavy atom. The number of aliphatic hydroxyl groups excluding tert-OH is 1. The van der Waals surface area contributed by atoms with E-state index in [9.17, 15) is 5.11 Å². The van der Waals surface area contributed by atoms with E-state index in [4.69, 9.17) is 4.52 Å². The van der Waals surface area contributed by atoms with Crippen molar-refractivity contribution in [3.8, 4) is 11.4 Å². The first-order chi connectivity index (χ1) is 8.88. The fraction of sp³-hybridized carbons (Fsp3) is 0.417. The van der Waals surface area contributed by atoms with E-state index in [2.05, 4.69) is 20.4 Å². The van der Waals surface area contributed by atoms with E-state index in [1.807, 2.05) is 12.1 Å². The van der Waals surface area contributed by atoms with Crippen LogP contribution in [0.4, 0.5) is 0 Å². The van der Waals surface area contributed by atoms with E-state index in [1.165, 1.54) is 0 Å². The molecule has 2 aromatic rings. The number of pyridine rings is 1. The maximum absolute atomic E-state index is 9.28. The van der Waals surface area contributed by atoms with Crippen LogP contribution in [-0.2, 0) is 0 Å². The van der Waals surface area contributed by atoms with Crippen molar-refractivity contribution in [1.82, 2.24) is 20.4 Å². The van der Waals surface area contributed by atoms with Gasteiger partial charge in [0.15, 0.2) is 0 Å². The summed E-state index contributed by atoms with van der Waals surface area (Å²) in [5.41, 5.74) is 0.881. The van der Waals surface area contributed by atoms with Crippen molar-refractivity contribution in [3.63, 3.8) is 0 Å². The van der Waals surface area contributed by atoms with Crippen molar-refractivity contribution >= 4 is 0 Å². The van der Waals surface area contributed by atoms with Crippen LogP contribution < -0.4 is 5.32 Å². The van der Waals surface area contributed by atoms with Crippen LogP contribution in [-0.4, -0.2) is 39.9 Å². The van der Waals surface area contributed by atoms with E-state index in [1.54, 1.807) is 12.4 Å². The molecule has 1 aliphatic rings. The van der Waals surface area contributed by atoms with E-state index in [-0.39, 0.29) is 18.4 Å². The van der Waals surface area contributed by atoms with Gasteiger partial charge in [0.05, 0.1) is 5.92 Å². The van der Waals surface area contributed by atoms with Crippen molar-refractivity contribution in [2.75, 3.05) is 19.7 Å². The first kappa shape index (κ1) is 11.3. The Balaban J connectivity index is 1.86. The van der Waals surface area contributed by atoms with E-state index in [0.717, 1.165) is 18.7 Å². The van der Waals surface area contributed by atoms with Gasteiger partial charge in [0.2, 0.25) is 11.7 Å². The number of aromatic nitrogens is 3. The lowest BCUT2D eigenvalue weighted by atomic mass is 9.97. The first-order valence-electron chi connectivity index (χ1n) is 5.94. The number of aliphatic hydroxyl groups is 1. The molecule has 0 amide bonds. The minimum Gasteiger partial charge on any atom is -0.396 e. The normalized spacial score (nSPS) is 23.4.